The monoisotopic (exact) mass is 290 g/mol. The van der Waals surface area contributed by atoms with Crippen molar-refractivity contribution in [3.8, 4) is 0 Å². The van der Waals surface area contributed by atoms with Gasteiger partial charge in [-0.25, -0.2) is 9.97 Å². The van der Waals surface area contributed by atoms with Gasteiger partial charge in [0.05, 0.1) is 0 Å². The number of carbonyl (C=O) groups excluding carboxylic acids is 1. The number of pyridine rings is 1. The first-order valence-corrected chi connectivity index (χ1v) is 7.56. The third-order valence-corrected chi connectivity index (χ3v) is 3.35. The fourth-order valence-electron chi connectivity index (χ4n) is 1.83. The minimum atomic E-state index is -0.154. The molecule has 0 unspecified atom stereocenters. The Bertz CT molecular complexity index is 544. The summed E-state index contributed by atoms with van der Waals surface area (Å²) >= 11 is 1.40. The summed E-state index contributed by atoms with van der Waals surface area (Å²) in [6, 6.07) is 3.61. The van der Waals surface area contributed by atoms with Crippen molar-refractivity contribution < 1.29 is 4.79 Å². The topological polar surface area (TPSA) is 66.9 Å². The predicted molar refractivity (Wildman–Crippen MR) is 82.5 cm³/mol. The molecule has 1 amide bonds. The maximum Gasteiger partial charge on any atom is 0.257 e. The fourth-order valence-corrected chi connectivity index (χ4v) is 2.35. The number of rotatable bonds is 6. The van der Waals surface area contributed by atoms with Crippen LogP contribution in [0.15, 0.2) is 23.7 Å². The van der Waals surface area contributed by atoms with Gasteiger partial charge in [0.2, 0.25) is 0 Å². The summed E-state index contributed by atoms with van der Waals surface area (Å²) < 4.78 is 0. The van der Waals surface area contributed by atoms with Crippen LogP contribution in [0.3, 0.4) is 0 Å². The third-order valence-electron chi connectivity index (χ3n) is 2.66. The summed E-state index contributed by atoms with van der Waals surface area (Å²) in [5, 5.41) is 8.38. The fraction of sp³-hybridized carbons (Fsp3) is 0.357. The van der Waals surface area contributed by atoms with Crippen LogP contribution in [0, 0.1) is 0 Å². The Kier molecular flexibility index (Phi) is 5.06. The number of anilines is 2. The van der Waals surface area contributed by atoms with Gasteiger partial charge in [-0.1, -0.05) is 13.3 Å². The Morgan fingerprint density at radius 3 is 2.85 bits per heavy atom. The van der Waals surface area contributed by atoms with E-state index in [-0.39, 0.29) is 5.91 Å². The van der Waals surface area contributed by atoms with Crippen molar-refractivity contribution in [2.45, 2.75) is 26.7 Å². The van der Waals surface area contributed by atoms with Crippen molar-refractivity contribution in [2.75, 3.05) is 17.2 Å². The molecule has 5 nitrogen and oxygen atoms in total. The van der Waals surface area contributed by atoms with Crippen LogP contribution in [-0.4, -0.2) is 22.4 Å². The van der Waals surface area contributed by atoms with E-state index in [0.29, 0.717) is 10.7 Å². The van der Waals surface area contributed by atoms with Crippen LogP contribution in [-0.2, 0) is 6.42 Å². The molecule has 20 heavy (non-hydrogen) atoms. The molecular formula is C14H18N4OS. The molecule has 0 aliphatic rings. The summed E-state index contributed by atoms with van der Waals surface area (Å²) in [5.74, 6) is 0.585. The second-order valence-electron chi connectivity index (χ2n) is 4.30. The van der Waals surface area contributed by atoms with Crippen molar-refractivity contribution in [1.29, 1.82) is 0 Å². The molecule has 106 valence electrons. The Labute approximate surface area is 122 Å². The SMILES string of the molecule is CCCc1cc(C(=O)Nc2nccs2)cc(NCC)n1. The Morgan fingerprint density at radius 1 is 1.35 bits per heavy atom. The molecule has 0 fully saturated rings. The maximum absolute atomic E-state index is 12.2. The Hall–Kier alpha value is -1.95. The summed E-state index contributed by atoms with van der Waals surface area (Å²) in [5.41, 5.74) is 1.53. The molecule has 6 heteroatoms. The quantitative estimate of drug-likeness (QED) is 0.857. The number of aromatic nitrogens is 2. The number of carbonyl (C=O) groups is 1. The molecule has 0 saturated carbocycles. The zero-order valence-corrected chi connectivity index (χ0v) is 12.5. The molecule has 0 radical (unpaired) electrons. The van der Waals surface area contributed by atoms with Crippen molar-refractivity contribution >= 4 is 28.2 Å². The smallest absolute Gasteiger partial charge is 0.257 e. The Balaban J connectivity index is 2.22. The van der Waals surface area contributed by atoms with Crippen molar-refractivity contribution in [2.24, 2.45) is 0 Å². The molecule has 0 atom stereocenters. The lowest BCUT2D eigenvalue weighted by molar-refractivity contribution is 0.102. The normalized spacial score (nSPS) is 10.3. The van der Waals surface area contributed by atoms with Crippen LogP contribution >= 0.6 is 11.3 Å². The minimum Gasteiger partial charge on any atom is -0.370 e. The van der Waals surface area contributed by atoms with Gasteiger partial charge in [-0.3, -0.25) is 10.1 Å². The molecule has 2 N–H and O–H groups in total. The number of amides is 1. The second kappa shape index (κ2) is 7.00. The van der Waals surface area contributed by atoms with E-state index in [0.717, 1.165) is 30.9 Å². The van der Waals surface area contributed by atoms with Crippen LogP contribution in [0.1, 0.15) is 36.3 Å². The van der Waals surface area contributed by atoms with Gasteiger partial charge in [0.25, 0.3) is 5.91 Å². The largest absolute Gasteiger partial charge is 0.370 e. The summed E-state index contributed by atoms with van der Waals surface area (Å²) in [6.45, 7) is 4.87. The van der Waals surface area contributed by atoms with Gasteiger partial charge in [0, 0.05) is 29.4 Å². The van der Waals surface area contributed by atoms with E-state index in [4.69, 9.17) is 0 Å². The van der Waals surface area contributed by atoms with Crippen molar-refractivity contribution in [3.05, 3.63) is 35.0 Å². The van der Waals surface area contributed by atoms with Gasteiger partial charge in [-0.15, -0.1) is 11.3 Å². The lowest BCUT2D eigenvalue weighted by Gasteiger charge is -2.09. The number of hydrogen-bond donors (Lipinski definition) is 2. The highest BCUT2D eigenvalue weighted by Crippen LogP contribution is 2.16. The van der Waals surface area contributed by atoms with Crippen molar-refractivity contribution in [1.82, 2.24) is 9.97 Å². The molecule has 0 aromatic carbocycles. The number of nitrogens with zero attached hydrogens (tertiary/aromatic N) is 2. The van der Waals surface area contributed by atoms with E-state index in [9.17, 15) is 4.79 Å². The molecule has 0 saturated heterocycles. The summed E-state index contributed by atoms with van der Waals surface area (Å²) in [4.78, 5) is 20.8. The highest BCUT2D eigenvalue weighted by molar-refractivity contribution is 7.13. The number of aryl methyl sites for hydroxylation is 1. The van der Waals surface area contributed by atoms with Gasteiger partial charge in [0.1, 0.15) is 5.82 Å². The van der Waals surface area contributed by atoms with E-state index >= 15 is 0 Å². The highest BCUT2D eigenvalue weighted by Gasteiger charge is 2.11. The van der Waals surface area contributed by atoms with E-state index in [1.807, 2.05) is 18.4 Å². The van der Waals surface area contributed by atoms with Crippen LogP contribution < -0.4 is 10.6 Å². The lowest BCUT2D eigenvalue weighted by atomic mass is 10.1. The average molecular weight is 290 g/mol. The molecular weight excluding hydrogens is 272 g/mol. The zero-order chi connectivity index (χ0) is 14.4. The van der Waals surface area contributed by atoms with E-state index in [1.54, 1.807) is 12.3 Å². The molecule has 2 heterocycles. The number of nitrogens with one attached hydrogen (secondary N) is 2. The first kappa shape index (κ1) is 14.5. The van der Waals surface area contributed by atoms with Crippen LogP contribution in [0.4, 0.5) is 10.9 Å². The maximum atomic E-state index is 12.2. The Morgan fingerprint density at radius 2 is 2.20 bits per heavy atom. The molecule has 0 bridgehead atoms. The van der Waals surface area contributed by atoms with E-state index in [1.165, 1.54) is 11.3 Å². The summed E-state index contributed by atoms with van der Waals surface area (Å²) in [7, 11) is 0. The average Bonchev–Trinajstić information content (AvgIpc) is 2.92. The third kappa shape index (κ3) is 3.77. The highest BCUT2D eigenvalue weighted by atomic mass is 32.1. The van der Waals surface area contributed by atoms with Crippen molar-refractivity contribution in [3.63, 3.8) is 0 Å². The molecule has 2 aromatic heterocycles. The van der Waals surface area contributed by atoms with Gasteiger partial charge in [-0.05, 0) is 25.5 Å². The molecule has 0 aliphatic heterocycles. The molecule has 2 rings (SSSR count). The molecule has 2 aromatic rings. The van der Waals surface area contributed by atoms with Gasteiger partial charge < -0.3 is 5.32 Å². The van der Waals surface area contributed by atoms with Crippen LogP contribution in [0.2, 0.25) is 0 Å². The minimum absolute atomic E-state index is 0.154. The lowest BCUT2D eigenvalue weighted by Crippen LogP contribution is -2.13. The van der Waals surface area contributed by atoms with Gasteiger partial charge in [0.15, 0.2) is 5.13 Å². The molecule has 0 spiro atoms. The van der Waals surface area contributed by atoms with E-state index in [2.05, 4.69) is 27.5 Å². The molecule has 0 aliphatic carbocycles. The van der Waals surface area contributed by atoms with Gasteiger partial charge in [-0.2, -0.15) is 0 Å². The number of thiazole rings is 1. The van der Waals surface area contributed by atoms with Crippen LogP contribution in [0.25, 0.3) is 0 Å². The predicted octanol–water partition coefficient (Wildman–Crippen LogP) is 3.17. The number of hydrogen-bond acceptors (Lipinski definition) is 5. The first-order chi connectivity index (χ1) is 9.72. The van der Waals surface area contributed by atoms with Crippen LogP contribution in [0.5, 0.6) is 0 Å². The van der Waals surface area contributed by atoms with E-state index < -0.39 is 0 Å². The first-order valence-electron chi connectivity index (χ1n) is 6.68. The zero-order valence-electron chi connectivity index (χ0n) is 11.6. The van der Waals surface area contributed by atoms with Gasteiger partial charge >= 0.3 is 0 Å². The standard InChI is InChI=1S/C14H18N4OS/c1-3-5-11-8-10(9-12(17-11)15-4-2)13(19)18-14-16-6-7-20-14/h6-9H,3-5H2,1-2H3,(H,15,17)(H,16,18,19). The second-order valence-corrected chi connectivity index (χ2v) is 5.20. The summed E-state index contributed by atoms with van der Waals surface area (Å²) in [6.07, 6.45) is 3.52.